The lowest BCUT2D eigenvalue weighted by Crippen LogP contribution is -2.23. The van der Waals surface area contributed by atoms with Crippen LogP contribution < -0.4 is 0 Å². The molecule has 0 aromatic heterocycles. The van der Waals surface area contributed by atoms with Gasteiger partial charge in [-0.1, -0.05) is 20.3 Å². The molecular weight excluding hydrogens is 152 g/mol. The molecule has 74 valence electrons. The number of hydrogen-bond donors (Lipinski definition) is 1. The van der Waals surface area contributed by atoms with Gasteiger partial charge in [-0.2, -0.15) is 0 Å². The summed E-state index contributed by atoms with van der Waals surface area (Å²) in [6, 6.07) is 0. The van der Waals surface area contributed by atoms with E-state index in [1.54, 1.807) is 0 Å². The quantitative estimate of drug-likeness (QED) is 0.600. The van der Waals surface area contributed by atoms with E-state index in [2.05, 4.69) is 13.8 Å². The zero-order valence-electron chi connectivity index (χ0n) is 8.60. The maximum Gasteiger partial charge on any atom is 0.0485 e. The molecule has 0 fully saturated rings. The summed E-state index contributed by atoms with van der Waals surface area (Å²) in [6.45, 7) is 8.08. The summed E-state index contributed by atoms with van der Waals surface area (Å²) < 4.78 is 5.27. The summed E-state index contributed by atoms with van der Waals surface area (Å²) in [4.78, 5) is 0. The smallest absolute Gasteiger partial charge is 0.0485 e. The highest BCUT2D eigenvalue weighted by Crippen LogP contribution is 2.26. The monoisotopic (exact) mass is 174 g/mol. The van der Waals surface area contributed by atoms with Crippen LogP contribution in [-0.2, 0) is 4.74 Å². The highest BCUT2D eigenvalue weighted by molar-refractivity contribution is 4.72. The van der Waals surface area contributed by atoms with E-state index in [0.717, 1.165) is 32.5 Å². The van der Waals surface area contributed by atoms with Gasteiger partial charge in [0, 0.05) is 19.8 Å². The minimum atomic E-state index is 0.0733. The van der Waals surface area contributed by atoms with Crippen molar-refractivity contribution in [3.63, 3.8) is 0 Å². The minimum absolute atomic E-state index is 0.0733. The number of rotatable bonds is 7. The fraction of sp³-hybridized carbons (Fsp3) is 1.00. The average Bonchev–Trinajstić information content (AvgIpc) is 2.06. The SMILES string of the molecule is CCCC(C)(CO)CCOCC. The van der Waals surface area contributed by atoms with Crippen molar-refractivity contribution in [2.75, 3.05) is 19.8 Å². The Hall–Kier alpha value is -0.0800. The van der Waals surface area contributed by atoms with E-state index in [1.165, 1.54) is 0 Å². The number of aliphatic hydroxyl groups is 1. The number of hydrogen-bond acceptors (Lipinski definition) is 2. The maximum atomic E-state index is 9.16. The van der Waals surface area contributed by atoms with Gasteiger partial charge < -0.3 is 9.84 Å². The first-order valence-electron chi connectivity index (χ1n) is 4.87. The van der Waals surface area contributed by atoms with Gasteiger partial charge in [-0.3, -0.25) is 0 Å². The van der Waals surface area contributed by atoms with Crippen molar-refractivity contribution in [2.24, 2.45) is 5.41 Å². The van der Waals surface area contributed by atoms with Gasteiger partial charge in [-0.25, -0.2) is 0 Å². The van der Waals surface area contributed by atoms with E-state index in [0.29, 0.717) is 0 Å². The van der Waals surface area contributed by atoms with E-state index in [9.17, 15) is 0 Å². The molecule has 1 N–H and O–H groups in total. The first-order valence-corrected chi connectivity index (χ1v) is 4.87. The Labute approximate surface area is 75.9 Å². The Morgan fingerprint density at radius 2 is 1.92 bits per heavy atom. The second-order valence-electron chi connectivity index (χ2n) is 3.67. The van der Waals surface area contributed by atoms with Crippen LogP contribution in [-0.4, -0.2) is 24.9 Å². The van der Waals surface area contributed by atoms with Crippen LogP contribution in [0.3, 0.4) is 0 Å². The zero-order chi connectivity index (χ0) is 9.45. The fourth-order valence-electron chi connectivity index (χ4n) is 1.35. The van der Waals surface area contributed by atoms with E-state index < -0.39 is 0 Å². The lowest BCUT2D eigenvalue weighted by atomic mass is 9.83. The van der Waals surface area contributed by atoms with Crippen molar-refractivity contribution >= 4 is 0 Å². The summed E-state index contributed by atoms with van der Waals surface area (Å²) in [5.41, 5.74) is 0.0733. The van der Waals surface area contributed by atoms with Crippen LogP contribution in [0.25, 0.3) is 0 Å². The van der Waals surface area contributed by atoms with Crippen LogP contribution in [0.2, 0.25) is 0 Å². The maximum absolute atomic E-state index is 9.16. The molecule has 2 heteroatoms. The topological polar surface area (TPSA) is 29.5 Å². The Morgan fingerprint density at radius 1 is 1.25 bits per heavy atom. The number of aliphatic hydroxyl groups excluding tert-OH is 1. The molecular formula is C10H22O2. The molecule has 0 saturated heterocycles. The van der Waals surface area contributed by atoms with Crippen LogP contribution in [0.5, 0.6) is 0 Å². The lowest BCUT2D eigenvalue weighted by Gasteiger charge is -2.26. The first-order chi connectivity index (χ1) is 5.68. The van der Waals surface area contributed by atoms with Crippen molar-refractivity contribution in [3.8, 4) is 0 Å². The first kappa shape index (κ1) is 11.9. The van der Waals surface area contributed by atoms with Crippen molar-refractivity contribution in [1.82, 2.24) is 0 Å². The molecule has 0 aliphatic heterocycles. The van der Waals surface area contributed by atoms with Crippen molar-refractivity contribution < 1.29 is 9.84 Å². The second kappa shape index (κ2) is 6.44. The lowest BCUT2D eigenvalue weighted by molar-refractivity contribution is 0.0661. The van der Waals surface area contributed by atoms with Crippen molar-refractivity contribution in [2.45, 2.75) is 40.0 Å². The zero-order valence-corrected chi connectivity index (χ0v) is 8.60. The third kappa shape index (κ3) is 4.73. The van der Waals surface area contributed by atoms with Gasteiger partial charge in [0.15, 0.2) is 0 Å². The molecule has 12 heavy (non-hydrogen) atoms. The highest BCUT2D eigenvalue weighted by Gasteiger charge is 2.21. The number of ether oxygens (including phenoxy) is 1. The van der Waals surface area contributed by atoms with Crippen LogP contribution in [0, 0.1) is 5.41 Å². The summed E-state index contributed by atoms with van der Waals surface area (Å²) in [5.74, 6) is 0. The van der Waals surface area contributed by atoms with Gasteiger partial charge >= 0.3 is 0 Å². The van der Waals surface area contributed by atoms with Gasteiger partial charge in [-0.15, -0.1) is 0 Å². The standard InChI is InChI=1S/C10H22O2/c1-4-6-10(3,9-11)7-8-12-5-2/h11H,4-9H2,1-3H3. The largest absolute Gasteiger partial charge is 0.396 e. The third-order valence-corrected chi connectivity index (χ3v) is 2.29. The highest BCUT2D eigenvalue weighted by atomic mass is 16.5. The molecule has 0 aromatic carbocycles. The molecule has 0 bridgehead atoms. The fourth-order valence-corrected chi connectivity index (χ4v) is 1.35. The molecule has 0 aliphatic rings. The van der Waals surface area contributed by atoms with Crippen molar-refractivity contribution in [3.05, 3.63) is 0 Å². The van der Waals surface area contributed by atoms with Gasteiger partial charge in [0.2, 0.25) is 0 Å². The molecule has 0 spiro atoms. The molecule has 2 nitrogen and oxygen atoms in total. The molecule has 1 unspecified atom stereocenters. The average molecular weight is 174 g/mol. The van der Waals surface area contributed by atoms with E-state index in [4.69, 9.17) is 9.84 Å². The van der Waals surface area contributed by atoms with E-state index >= 15 is 0 Å². The van der Waals surface area contributed by atoms with E-state index in [1.807, 2.05) is 6.92 Å². The van der Waals surface area contributed by atoms with Crippen LogP contribution in [0.1, 0.15) is 40.0 Å². The molecule has 0 aromatic rings. The molecule has 0 rings (SSSR count). The van der Waals surface area contributed by atoms with Gasteiger partial charge in [-0.05, 0) is 25.2 Å². The Bertz CT molecular complexity index is 104. The Balaban J connectivity index is 3.63. The van der Waals surface area contributed by atoms with Gasteiger partial charge in [0.25, 0.3) is 0 Å². The Kier molecular flexibility index (Phi) is 6.39. The summed E-state index contributed by atoms with van der Waals surface area (Å²) >= 11 is 0. The van der Waals surface area contributed by atoms with Gasteiger partial charge in [0.1, 0.15) is 0 Å². The molecule has 0 radical (unpaired) electrons. The predicted octanol–water partition coefficient (Wildman–Crippen LogP) is 2.21. The Morgan fingerprint density at radius 3 is 2.33 bits per heavy atom. The molecule has 0 saturated carbocycles. The van der Waals surface area contributed by atoms with Crippen LogP contribution >= 0.6 is 0 Å². The van der Waals surface area contributed by atoms with E-state index in [-0.39, 0.29) is 12.0 Å². The van der Waals surface area contributed by atoms with Crippen LogP contribution in [0.15, 0.2) is 0 Å². The second-order valence-corrected chi connectivity index (χ2v) is 3.67. The molecule has 0 heterocycles. The predicted molar refractivity (Wildman–Crippen MR) is 51.2 cm³/mol. The molecule has 0 aliphatic carbocycles. The normalized spacial score (nSPS) is 16.0. The third-order valence-electron chi connectivity index (χ3n) is 2.29. The molecule has 0 amide bonds. The van der Waals surface area contributed by atoms with Crippen molar-refractivity contribution in [1.29, 1.82) is 0 Å². The summed E-state index contributed by atoms with van der Waals surface area (Å²) in [5, 5.41) is 9.16. The minimum Gasteiger partial charge on any atom is -0.396 e. The summed E-state index contributed by atoms with van der Waals surface area (Å²) in [7, 11) is 0. The summed E-state index contributed by atoms with van der Waals surface area (Å²) in [6.07, 6.45) is 3.17. The van der Waals surface area contributed by atoms with Crippen LogP contribution in [0.4, 0.5) is 0 Å². The molecule has 1 atom stereocenters. The van der Waals surface area contributed by atoms with Gasteiger partial charge in [0.05, 0.1) is 0 Å².